The SMILES string of the molecule is CCCCc1ccc2c(c1)Cc1c-2ccc(-c2ccc(C#N)cc2)c1F. The van der Waals surface area contributed by atoms with Crippen LogP contribution in [0.4, 0.5) is 4.39 Å². The third-order valence-electron chi connectivity index (χ3n) is 5.21. The van der Waals surface area contributed by atoms with Gasteiger partial charge in [-0.25, -0.2) is 4.39 Å². The van der Waals surface area contributed by atoms with Gasteiger partial charge < -0.3 is 0 Å². The Hall–Kier alpha value is -2.92. The van der Waals surface area contributed by atoms with E-state index < -0.39 is 0 Å². The number of nitriles is 1. The zero-order valence-electron chi connectivity index (χ0n) is 14.8. The number of nitrogens with zero attached hydrogens (tertiary/aromatic N) is 1. The van der Waals surface area contributed by atoms with Gasteiger partial charge in [0.1, 0.15) is 5.82 Å². The number of halogens is 1. The average molecular weight is 341 g/mol. The molecule has 0 atom stereocenters. The first-order valence-electron chi connectivity index (χ1n) is 9.15. The lowest BCUT2D eigenvalue weighted by Crippen LogP contribution is -1.92. The van der Waals surface area contributed by atoms with Crippen LogP contribution >= 0.6 is 0 Å². The summed E-state index contributed by atoms with van der Waals surface area (Å²) < 4.78 is 15.2. The molecule has 2 heteroatoms. The Labute approximate surface area is 153 Å². The Morgan fingerprint density at radius 3 is 2.42 bits per heavy atom. The highest BCUT2D eigenvalue weighted by atomic mass is 19.1. The molecule has 3 aromatic carbocycles. The van der Waals surface area contributed by atoms with Crippen LogP contribution in [-0.2, 0) is 12.8 Å². The van der Waals surface area contributed by atoms with Gasteiger partial charge in [-0.05, 0) is 52.8 Å². The van der Waals surface area contributed by atoms with Crippen LogP contribution < -0.4 is 0 Å². The standard InChI is InChI=1S/C24H20FN/c1-2-3-4-16-7-10-20-19(13-16)14-23-22(20)12-11-21(24(23)25)18-8-5-17(15-26)6-9-18/h5-13H,2-4,14H2,1H3. The number of benzene rings is 3. The Morgan fingerprint density at radius 2 is 1.69 bits per heavy atom. The Kier molecular flexibility index (Phi) is 4.31. The topological polar surface area (TPSA) is 23.8 Å². The van der Waals surface area contributed by atoms with E-state index in [4.69, 9.17) is 5.26 Å². The fourth-order valence-corrected chi connectivity index (χ4v) is 3.78. The fraction of sp³-hybridized carbons (Fsp3) is 0.208. The van der Waals surface area contributed by atoms with Crippen molar-refractivity contribution in [3.8, 4) is 28.3 Å². The Morgan fingerprint density at radius 1 is 0.962 bits per heavy atom. The zero-order valence-corrected chi connectivity index (χ0v) is 14.8. The average Bonchev–Trinajstić information content (AvgIpc) is 3.05. The Bertz CT molecular complexity index is 1010. The highest BCUT2D eigenvalue weighted by molar-refractivity contribution is 5.81. The second-order valence-electron chi connectivity index (χ2n) is 6.91. The molecule has 3 aromatic rings. The van der Waals surface area contributed by atoms with Gasteiger partial charge in [0.25, 0.3) is 0 Å². The van der Waals surface area contributed by atoms with E-state index in [0.29, 0.717) is 17.5 Å². The third kappa shape index (κ3) is 2.80. The maximum absolute atomic E-state index is 15.2. The van der Waals surface area contributed by atoms with Crippen LogP contribution in [0, 0.1) is 17.1 Å². The molecule has 1 aliphatic carbocycles. The van der Waals surface area contributed by atoms with Crippen molar-refractivity contribution in [2.75, 3.05) is 0 Å². The molecule has 0 bridgehead atoms. The van der Waals surface area contributed by atoms with Crippen molar-refractivity contribution in [2.45, 2.75) is 32.6 Å². The number of hydrogen-bond acceptors (Lipinski definition) is 1. The zero-order chi connectivity index (χ0) is 18.1. The first-order valence-corrected chi connectivity index (χ1v) is 9.15. The maximum atomic E-state index is 15.2. The molecule has 0 N–H and O–H groups in total. The summed E-state index contributed by atoms with van der Waals surface area (Å²) in [5.41, 5.74) is 7.52. The molecule has 4 rings (SSSR count). The number of unbranched alkanes of at least 4 members (excludes halogenated alkanes) is 1. The van der Waals surface area contributed by atoms with Gasteiger partial charge in [-0.3, -0.25) is 0 Å². The van der Waals surface area contributed by atoms with Crippen LogP contribution in [0.5, 0.6) is 0 Å². The molecule has 0 saturated heterocycles. The van der Waals surface area contributed by atoms with Crippen LogP contribution in [0.15, 0.2) is 54.6 Å². The van der Waals surface area contributed by atoms with Crippen LogP contribution in [-0.4, -0.2) is 0 Å². The minimum absolute atomic E-state index is 0.140. The van der Waals surface area contributed by atoms with E-state index >= 15 is 4.39 Å². The number of aryl methyl sites for hydroxylation is 1. The predicted octanol–water partition coefficient (Wildman–Crippen LogP) is 6.28. The van der Waals surface area contributed by atoms with Gasteiger partial charge in [0, 0.05) is 17.5 Å². The molecule has 0 aromatic heterocycles. The molecule has 0 amide bonds. The summed E-state index contributed by atoms with van der Waals surface area (Å²) in [6.45, 7) is 2.20. The van der Waals surface area contributed by atoms with Crippen LogP contribution in [0.3, 0.4) is 0 Å². The molecule has 0 heterocycles. The minimum Gasteiger partial charge on any atom is -0.206 e. The third-order valence-corrected chi connectivity index (χ3v) is 5.21. The van der Waals surface area contributed by atoms with Crippen molar-refractivity contribution in [3.63, 3.8) is 0 Å². The largest absolute Gasteiger partial charge is 0.206 e. The van der Waals surface area contributed by atoms with Gasteiger partial charge in [0.15, 0.2) is 0 Å². The van der Waals surface area contributed by atoms with E-state index in [1.54, 1.807) is 12.1 Å². The summed E-state index contributed by atoms with van der Waals surface area (Å²) in [6.07, 6.45) is 4.10. The maximum Gasteiger partial charge on any atom is 0.135 e. The number of hydrogen-bond donors (Lipinski definition) is 0. The number of fused-ring (bicyclic) bond motifs is 3. The lowest BCUT2D eigenvalue weighted by atomic mass is 9.97. The first kappa shape index (κ1) is 16.5. The molecule has 26 heavy (non-hydrogen) atoms. The summed E-state index contributed by atoms with van der Waals surface area (Å²) in [4.78, 5) is 0. The lowest BCUT2D eigenvalue weighted by Gasteiger charge is -2.09. The van der Waals surface area contributed by atoms with E-state index in [1.165, 1.54) is 24.0 Å². The monoisotopic (exact) mass is 341 g/mol. The smallest absolute Gasteiger partial charge is 0.135 e. The van der Waals surface area contributed by atoms with E-state index in [-0.39, 0.29) is 5.82 Å². The molecular weight excluding hydrogens is 321 g/mol. The lowest BCUT2D eigenvalue weighted by molar-refractivity contribution is 0.620. The quantitative estimate of drug-likeness (QED) is 0.428. The van der Waals surface area contributed by atoms with Crippen molar-refractivity contribution in [3.05, 3.63) is 82.7 Å². The molecule has 1 aliphatic rings. The van der Waals surface area contributed by atoms with Gasteiger partial charge in [0.05, 0.1) is 11.6 Å². The van der Waals surface area contributed by atoms with Crippen molar-refractivity contribution in [2.24, 2.45) is 0 Å². The first-order chi connectivity index (χ1) is 12.7. The van der Waals surface area contributed by atoms with E-state index in [9.17, 15) is 0 Å². The molecule has 1 nitrogen and oxygen atoms in total. The molecule has 0 saturated carbocycles. The van der Waals surface area contributed by atoms with Gasteiger partial charge in [0.2, 0.25) is 0 Å². The van der Waals surface area contributed by atoms with Crippen molar-refractivity contribution >= 4 is 0 Å². The van der Waals surface area contributed by atoms with Gasteiger partial charge in [-0.1, -0.05) is 55.8 Å². The molecule has 0 aliphatic heterocycles. The highest BCUT2D eigenvalue weighted by Gasteiger charge is 2.24. The van der Waals surface area contributed by atoms with Crippen LogP contribution in [0.25, 0.3) is 22.3 Å². The summed E-state index contributed by atoms with van der Waals surface area (Å²) in [6, 6.07) is 19.6. The summed E-state index contributed by atoms with van der Waals surface area (Å²) in [7, 11) is 0. The van der Waals surface area contributed by atoms with Gasteiger partial charge in [-0.2, -0.15) is 5.26 Å². The van der Waals surface area contributed by atoms with E-state index in [2.05, 4.69) is 31.2 Å². The predicted molar refractivity (Wildman–Crippen MR) is 103 cm³/mol. The summed E-state index contributed by atoms with van der Waals surface area (Å²) >= 11 is 0. The molecule has 0 unspecified atom stereocenters. The molecule has 0 fully saturated rings. The minimum atomic E-state index is -0.140. The summed E-state index contributed by atoms with van der Waals surface area (Å²) in [5, 5.41) is 8.93. The molecular formula is C24H20FN. The Balaban J connectivity index is 1.71. The summed E-state index contributed by atoms with van der Waals surface area (Å²) in [5.74, 6) is -0.140. The van der Waals surface area contributed by atoms with Crippen molar-refractivity contribution < 1.29 is 4.39 Å². The van der Waals surface area contributed by atoms with Crippen molar-refractivity contribution in [1.29, 1.82) is 5.26 Å². The molecule has 0 spiro atoms. The highest BCUT2D eigenvalue weighted by Crippen LogP contribution is 2.41. The fourth-order valence-electron chi connectivity index (χ4n) is 3.78. The van der Waals surface area contributed by atoms with Gasteiger partial charge >= 0.3 is 0 Å². The normalized spacial score (nSPS) is 11.7. The number of rotatable bonds is 4. The van der Waals surface area contributed by atoms with Crippen molar-refractivity contribution in [1.82, 2.24) is 0 Å². The van der Waals surface area contributed by atoms with E-state index in [0.717, 1.165) is 28.7 Å². The molecule has 0 radical (unpaired) electrons. The second-order valence-corrected chi connectivity index (χ2v) is 6.91. The second kappa shape index (κ2) is 6.77. The molecule has 128 valence electrons. The van der Waals surface area contributed by atoms with E-state index in [1.807, 2.05) is 24.3 Å². The van der Waals surface area contributed by atoms with Gasteiger partial charge in [-0.15, -0.1) is 0 Å². The van der Waals surface area contributed by atoms with Crippen LogP contribution in [0.1, 0.15) is 42.0 Å². The van der Waals surface area contributed by atoms with Crippen LogP contribution in [0.2, 0.25) is 0 Å².